The number of rotatable bonds is 7. The van der Waals surface area contributed by atoms with E-state index in [1.807, 2.05) is 0 Å². The third-order valence-corrected chi connectivity index (χ3v) is 7.96. The Balaban J connectivity index is 1.33. The highest BCUT2D eigenvalue weighted by Gasteiger charge is 2.47. The molecule has 0 radical (unpaired) electrons. The van der Waals surface area contributed by atoms with Crippen LogP contribution < -0.4 is 14.2 Å². The van der Waals surface area contributed by atoms with Crippen molar-refractivity contribution in [3.05, 3.63) is 53.0 Å². The molecule has 3 aliphatic rings. The van der Waals surface area contributed by atoms with Crippen LogP contribution in [0, 0.1) is 0 Å². The van der Waals surface area contributed by atoms with Crippen LogP contribution in [0.25, 0.3) is 5.69 Å². The lowest BCUT2D eigenvalue weighted by Crippen LogP contribution is -2.45. The molecule has 1 aromatic carbocycles. The van der Waals surface area contributed by atoms with E-state index in [1.54, 1.807) is 6.92 Å². The zero-order valence-electron chi connectivity index (χ0n) is 22.9. The number of hydrogen-bond acceptors (Lipinski definition) is 8. The van der Waals surface area contributed by atoms with E-state index in [-0.39, 0.29) is 53.6 Å². The molecular weight excluding hydrogens is 583 g/mol. The van der Waals surface area contributed by atoms with E-state index >= 15 is 0 Å². The molecule has 2 atom stereocenters. The van der Waals surface area contributed by atoms with E-state index in [4.69, 9.17) is 9.47 Å². The smallest absolute Gasteiger partial charge is 0.479 e. The lowest BCUT2D eigenvalue weighted by atomic mass is 9.83. The lowest BCUT2D eigenvalue weighted by molar-refractivity contribution is -0.286. The molecule has 0 unspecified atom stereocenters. The molecule has 0 saturated heterocycles. The Kier molecular flexibility index (Phi) is 7.18. The minimum Gasteiger partial charge on any atom is -0.479 e. The van der Waals surface area contributed by atoms with Gasteiger partial charge in [0.25, 0.3) is 0 Å². The highest BCUT2D eigenvalue weighted by Crippen LogP contribution is 2.46. The Morgan fingerprint density at radius 1 is 1.12 bits per heavy atom. The number of ether oxygens (including phenoxy) is 4. The normalized spacial score (nSPS) is 21.2. The number of nitrogens with zero attached hydrogens (tertiary/aromatic N) is 4. The fraction of sp³-hybridized carbons (Fsp3) is 0.500. The van der Waals surface area contributed by atoms with Crippen LogP contribution in [-0.2, 0) is 22.1 Å². The van der Waals surface area contributed by atoms with Crippen molar-refractivity contribution in [2.75, 3.05) is 0 Å². The van der Waals surface area contributed by atoms with Gasteiger partial charge in [-0.15, -0.1) is 13.9 Å². The zero-order chi connectivity index (χ0) is 30.6. The molecular formula is C28H27F5N4O6. The van der Waals surface area contributed by atoms with Gasteiger partial charge in [0, 0.05) is 11.6 Å². The number of benzene rings is 1. The number of halogens is 5. The maximum absolute atomic E-state index is 14.1. The van der Waals surface area contributed by atoms with Crippen molar-refractivity contribution in [3.8, 4) is 23.1 Å². The summed E-state index contributed by atoms with van der Waals surface area (Å²) in [6, 6.07) is 5.47. The van der Waals surface area contributed by atoms with Gasteiger partial charge in [0.2, 0.25) is 5.88 Å². The minimum absolute atomic E-state index is 0.0510. The molecule has 10 nitrogen and oxygen atoms in total. The summed E-state index contributed by atoms with van der Waals surface area (Å²) in [6.07, 6.45) is -5.63. The first-order valence-corrected chi connectivity index (χ1v) is 13.8. The Morgan fingerprint density at radius 2 is 1.86 bits per heavy atom. The van der Waals surface area contributed by atoms with Gasteiger partial charge in [-0.25, -0.2) is 9.48 Å². The molecule has 1 N–H and O–H groups in total. The number of fused-ring (bicyclic) bond motifs is 2. The standard InChI is InChI=1S/C28H27F5N4O6/c1-15(16-8-9-19-21(12-16)43-28(32,33)42-19)40-22-13-17(14-34-35-22)37-23-18(24(36-37)27(29,30)31)6-5-7-20(23)41-26(25(38)39)10-3-2-4-11-26/h8-9,12-15,20H,2-7,10-11H2,1H3,(H,38,39)/t15-,20-/m0/s1. The van der Waals surface area contributed by atoms with E-state index in [0.717, 1.165) is 11.1 Å². The number of carboxylic acid groups (broad SMARTS) is 1. The van der Waals surface area contributed by atoms with Crippen LogP contribution in [-0.4, -0.2) is 42.9 Å². The van der Waals surface area contributed by atoms with Gasteiger partial charge < -0.3 is 24.1 Å². The molecule has 1 aliphatic heterocycles. The number of aromatic nitrogens is 4. The number of hydrogen-bond donors (Lipinski definition) is 1. The van der Waals surface area contributed by atoms with Crippen LogP contribution in [0.4, 0.5) is 22.0 Å². The molecule has 6 rings (SSSR count). The predicted molar refractivity (Wildman–Crippen MR) is 136 cm³/mol. The predicted octanol–water partition coefficient (Wildman–Crippen LogP) is 6.32. The number of alkyl halides is 5. The van der Waals surface area contributed by atoms with Gasteiger partial charge in [-0.05, 0) is 69.6 Å². The van der Waals surface area contributed by atoms with E-state index in [1.165, 1.54) is 30.5 Å². The van der Waals surface area contributed by atoms with E-state index < -0.39 is 41.9 Å². The summed E-state index contributed by atoms with van der Waals surface area (Å²) in [5, 5.41) is 21.8. The van der Waals surface area contributed by atoms with Crippen LogP contribution in [0.5, 0.6) is 17.4 Å². The van der Waals surface area contributed by atoms with Gasteiger partial charge in [-0.2, -0.15) is 23.4 Å². The SMILES string of the molecule is C[C@H](Oc1cc(-n2nc(C(F)(F)F)c3c2[C@@H](OC2(C(=O)O)CCCCC2)CCC3)cnn1)c1ccc2c(c1)OC(F)(F)O2. The van der Waals surface area contributed by atoms with Crippen LogP contribution in [0.2, 0.25) is 0 Å². The molecule has 1 saturated carbocycles. The first-order valence-electron chi connectivity index (χ1n) is 13.8. The third kappa shape index (κ3) is 5.57. The van der Waals surface area contributed by atoms with Gasteiger partial charge in [0.1, 0.15) is 12.2 Å². The van der Waals surface area contributed by atoms with Crippen LogP contribution >= 0.6 is 0 Å². The maximum atomic E-state index is 14.1. The molecule has 0 bridgehead atoms. The fourth-order valence-electron chi connectivity index (χ4n) is 5.94. The summed E-state index contributed by atoms with van der Waals surface area (Å²) < 4.78 is 91.4. The Hall–Kier alpha value is -4.01. The lowest BCUT2D eigenvalue weighted by Gasteiger charge is -2.38. The minimum atomic E-state index is -4.77. The van der Waals surface area contributed by atoms with Gasteiger partial charge >= 0.3 is 18.4 Å². The van der Waals surface area contributed by atoms with E-state index in [9.17, 15) is 31.9 Å². The van der Waals surface area contributed by atoms with Gasteiger partial charge in [-0.1, -0.05) is 12.5 Å². The molecule has 3 aromatic rings. The molecule has 15 heteroatoms. The van der Waals surface area contributed by atoms with Crippen molar-refractivity contribution >= 4 is 5.97 Å². The van der Waals surface area contributed by atoms with Gasteiger partial charge in [-0.3, -0.25) is 0 Å². The van der Waals surface area contributed by atoms with Crippen LogP contribution in [0.3, 0.4) is 0 Å². The summed E-state index contributed by atoms with van der Waals surface area (Å²) in [4.78, 5) is 12.3. The largest absolute Gasteiger partial charge is 0.586 e. The second-order valence-corrected chi connectivity index (χ2v) is 10.9. The number of aliphatic carboxylic acids is 1. The molecule has 2 aliphatic carbocycles. The van der Waals surface area contributed by atoms with Crippen molar-refractivity contribution in [2.24, 2.45) is 0 Å². The third-order valence-electron chi connectivity index (χ3n) is 7.96. The molecule has 0 amide bonds. The highest BCUT2D eigenvalue weighted by atomic mass is 19.4. The topological polar surface area (TPSA) is 118 Å². The summed E-state index contributed by atoms with van der Waals surface area (Å²) >= 11 is 0. The number of carboxylic acids is 1. The average molecular weight is 611 g/mol. The van der Waals surface area contributed by atoms with E-state index in [0.29, 0.717) is 31.2 Å². The van der Waals surface area contributed by atoms with Crippen LogP contribution in [0.1, 0.15) is 86.6 Å². The molecule has 1 fully saturated rings. The van der Waals surface area contributed by atoms with Gasteiger partial charge in [0.05, 0.1) is 17.6 Å². The Bertz CT molecular complexity index is 1540. The summed E-state index contributed by atoms with van der Waals surface area (Å²) in [5.41, 5.74) is -1.98. The first kappa shape index (κ1) is 29.1. The van der Waals surface area contributed by atoms with Crippen molar-refractivity contribution in [2.45, 2.75) is 88.6 Å². The zero-order valence-corrected chi connectivity index (χ0v) is 22.9. The second-order valence-electron chi connectivity index (χ2n) is 10.9. The fourth-order valence-corrected chi connectivity index (χ4v) is 5.94. The molecule has 230 valence electrons. The monoisotopic (exact) mass is 610 g/mol. The quantitative estimate of drug-likeness (QED) is 0.307. The average Bonchev–Trinajstić information content (AvgIpc) is 3.50. The molecule has 0 spiro atoms. The van der Waals surface area contributed by atoms with Crippen molar-refractivity contribution in [1.82, 2.24) is 20.0 Å². The molecule has 43 heavy (non-hydrogen) atoms. The Labute approximate surface area is 241 Å². The summed E-state index contributed by atoms with van der Waals surface area (Å²) in [7, 11) is 0. The van der Waals surface area contributed by atoms with Crippen molar-refractivity contribution < 1.29 is 50.8 Å². The van der Waals surface area contributed by atoms with Crippen molar-refractivity contribution in [3.63, 3.8) is 0 Å². The maximum Gasteiger partial charge on any atom is 0.586 e. The molecule has 3 heterocycles. The number of carbonyl (C=O) groups is 1. The Morgan fingerprint density at radius 3 is 2.58 bits per heavy atom. The first-order chi connectivity index (χ1) is 20.4. The van der Waals surface area contributed by atoms with Crippen molar-refractivity contribution in [1.29, 1.82) is 0 Å². The summed E-state index contributed by atoms with van der Waals surface area (Å²) in [5.74, 6) is -1.53. The second kappa shape index (κ2) is 10.6. The van der Waals surface area contributed by atoms with Crippen LogP contribution in [0.15, 0.2) is 30.5 Å². The highest BCUT2D eigenvalue weighted by molar-refractivity contribution is 5.77. The van der Waals surface area contributed by atoms with Gasteiger partial charge in [0.15, 0.2) is 22.8 Å². The molecule has 2 aromatic heterocycles. The van der Waals surface area contributed by atoms with E-state index in [2.05, 4.69) is 24.8 Å². The summed E-state index contributed by atoms with van der Waals surface area (Å²) in [6.45, 7) is 1.61.